The zero-order valence-corrected chi connectivity index (χ0v) is 10.4. The first-order valence-electron chi connectivity index (χ1n) is 6.28. The molecule has 2 aromatic rings. The molecule has 0 aliphatic heterocycles. The Morgan fingerprint density at radius 1 is 1.35 bits per heavy atom. The summed E-state index contributed by atoms with van der Waals surface area (Å²) in [5, 5.41) is 4.77. The van der Waals surface area contributed by atoms with E-state index in [4.69, 9.17) is 5.73 Å². The minimum Gasteiger partial charge on any atom is -0.361 e. The van der Waals surface area contributed by atoms with Gasteiger partial charge in [0, 0.05) is 29.7 Å². The van der Waals surface area contributed by atoms with Crippen LogP contribution in [0.3, 0.4) is 0 Å². The summed E-state index contributed by atoms with van der Waals surface area (Å²) in [5.74, 6) is 0. The molecule has 3 nitrogen and oxygen atoms in total. The Balaban J connectivity index is 1.83. The van der Waals surface area contributed by atoms with E-state index in [2.05, 4.69) is 47.7 Å². The molecule has 1 aromatic heterocycles. The Labute approximate surface area is 102 Å². The van der Waals surface area contributed by atoms with Crippen LogP contribution in [0.25, 0.3) is 10.9 Å². The van der Waals surface area contributed by atoms with E-state index in [1.807, 2.05) is 0 Å². The van der Waals surface area contributed by atoms with E-state index in [0.717, 1.165) is 25.9 Å². The standard InChI is InChI=1S/C14H21N3/c1-11(15)5-4-8-16-9-12-10-17-14-7-3-2-6-13(12)14/h2-3,6-7,10-11,16-17H,4-5,8-9,15H2,1H3. The fourth-order valence-electron chi connectivity index (χ4n) is 2.05. The summed E-state index contributed by atoms with van der Waals surface area (Å²) in [6.45, 7) is 4.00. The Morgan fingerprint density at radius 3 is 3.00 bits per heavy atom. The number of aromatic nitrogens is 1. The van der Waals surface area contributed by atoms with Crippen LogP contribution in [-0.2, 0) is 6.54 Å². The van der Waals surface area contributed by atoms with Gasteiger partial charge in [-0.15, -0.1) is 0 Å². The topological polar surface area (TPSA) is 53.8 Å². The smallest absolute Gasteiger partial charge is 0.0457 e. The number of fused-ring (bicyclic) bond motifs is 1. The van der Waals surface area contributed by atoms with Crippen molar-refractivity contribution in [2.45, 2.75) is 32.4 Å². The van der Waals surface area contributed by atoms with Crippen LogP contribution in [0.1, 0.15) is 25.3 Å². The SMILES string of the molecule is CC(N)CCCNCc1c[nH]c2ccccc12. The van der Waals surface area contributed by atoms with Crippen molar-refractivity contribution in [1.29, 1.82) is 0 Å². The molecule has 2 rings (SSSR count). The van der Waals surface area contributed by atoms with Gasteiger partial charge < -0.3 is 16.0 Å². The van der Waals surface area contributed by atoms with Crippen molar-refractivity contribution in [3.05, 3.63) is 36.0 Å². The Bertz CT molecular complexity index is 459. The molecule has 4 N–H and O–H groups in total. The van der Waals surface area contributed by atoms with Crippen LogP contribution < -0.4 is 11.1 Å². The predicted octanol–water partition coefficient (Wildman–Crippen LogP) is 2.38. The van der Waals surface area contributed by atoms with Gasteiger partial charge in [0.05, 0.1) is 0 Å². The molecule has 92 valence electrons. The van der Waals surface area contributed by atoms with Crippen molar-refractivity contribution in [3.63, 3.8) is 0 Å². The van der Waals surface area contributed by atoms with Crippen LogP contribution >= 0.6 is 0 Å². The highest BCUT2D eigenvalue weighted by Gasteiger charge is 2.01. The summed E-state index contributed by atoms with van der Waals surface area (Å²) in [6.07, 6.45) is 4.31. The molecular formula is C14H21N3. The molecule has 17 heavy (non-hydrogen) atoms. The third kappa shape index (κ3) is 3.32. The van der Waals surface area contributed by atoms with Gasteiger partial charge in [-0.3, -0.25) is 0 Å². The lowest BCUT2D eigenvalue weighted by atomic mass is 10.1. The number of para-hydroxylation sites is 1. The maximum absolute atomic E-state index is 5.71. The van der Waals surface area contributed by atoms with Crippen LogP contribution in [-0.4, -0.2) is 17.6 Å². The molecule has 0 radical (unpaired) electrons. The number of nitrogens with two attached hydrogens (primary N) is 1. The first-order valence-corrected chi connectivity index (χ1v) is 6.28. The summed E-state index contributed by atoms with van der Waals surface area (Å²) >= 11 is 0. The van der Waals surface area contributed by atoms with Gasteiger partial charge in [-0.1, -0.05) is 18.2 Å². The third-order valence-corrected chi connectivity index (χ3v) is 3.00. The van der Waals surface area contributed by atoms with Gasteiger partial charge in [0.2, 0.25) is 0 Å². The van der Waals surface area contributed by atoms with Gasteiger partial charge in [0.15, 0.2) is 0 Å². The second-order valence-corrected chi connectivity index (χ2v) is 4.66. The fraction of sp³-hybridized carbons (Fsp3) is 0.429. The second-order valence-electron chi connectivity index (χ2n) is 4.66. The Hall–Kier alpha value is -1.32. The number of rotatable bonds is 6. The summed E-state index contributed by atoms with van der Waals surface area (Å²) in [7, 11) is 0. The lowest BCUT2D eigenvalue weighted by Gasteiger charge is -2.06. The van der Waals surface area contributed by atoms with Crippen molar-refractivity contribution in [2.75, 3.05) is 6.54 Å². The van der Waals surface area contributed by atoms with Crippen LogP contribution in [0, 0.1) is 0 Å². The molecule has 1 heterocycles. The third-order valence-electron chi connectivity index (χ3n) is 3.00. The van der Waals surface area contributed by atoms with Gasteiger partial charge >= 0.3 is 0 Å². The molecule has 0 aliphatic carbocycles. The van der Waals surface area contributed by atoms with E-state index in [1.165, 1.54) is 16.5 Å². The number of benzene rings is 1. The number of nitrogens with one attached hydrogen (secondary N) is 2. The van der Waals surface area contributed by atoms with Gasteiger partial charge in [0.1, 0.15) is 0 Å². The highest BCUT2D eigenvalue weighted by molar-refractivity contribution is 5.82. The molecule has 0 fully saturated rings. The lowest BCUT2D eigenvalue weighted by molar-refractivity contribution is 0.575. The maximum Gasteiger partial charge on any atom is 0.0457 e. The van der Waals surface area contributed by atoms with E-state index in [1.54, 1.807) is 0 Å². The van der Waals surface area contributed by atoms with E-state index in [0.29, 0.717) is 6.04 Å². The summed E-state index contributed by atoms with van der Waals surface area (Å²) in [6, 6.07) is 8.71. The lowest BCUT2D eigenvalue weighted by Crippen LogP contribution is -2.19. The van der Waals surface area contributed by atoms with E-state index in [9.17, 15) is 0 Å². The van der Waals surface area contributed by atoms with Crippen LogP contribution in [0.2, 0.25) is 0 Å². The van der Waals surface area contributed by atoms with Crippen LogP contribution in [0.4, 0.5) is 0 Å². The number of hydrogen-bond acceptors (Lipinski definition) is 2. The van der Waals surface area contributed by atoms with Crippen LogP contribution in [0.15, 0.2) is 30.5 Å². The first kappa shape index (κ1) is 12.1. The first-order chi connectivity index (χ1) is 8.27. The van der Waals surface area contributed by atoms with E-state index >= 15 is 0 Å². The Kier molecular flexibility index (Phi) is 4.18. The molecule has 1 unspecified atom stereocenters. The predicted molar refractivity (Wildman–Crippen MR) is 72.9 cm³/mol. The van der Waals surface area contributed by atoms with Gasteiger partial charge in [-0.25, -0.2) is 0 Å². The van der Waals surface area contributed by atoms with Crippen molar-refractivity contribution in [2.24, 2.45) is 5.73 Å². The average molecular weight is 231 g/mol. The van der Waals surface area contributed by atoms with Crippen molar-refractivity contribution in [3.8, 4) is 0 Å². The monoisotopic (exact) mass is 231 g/mol. The normalized spacial score (nSPS) is 13.1. The zero-order valence-electron chi connectivity index (χ0n) is 10.4. The zero-order chi connectivity index (χ0) is 12.1. The molecule has 0 bridgehead atoms. The summed E-state index contributed by atoms with van der Waals surface area (Å²) < 4.78 is 0. The minimum absolute atomic E-state index is 0.310. The minimum atomic E-state index is 0.310. The molecule has 3 heteroatoms. The van der Waals surface area contributed by atoms with Gasteiger partial charge in [-0.05, 0) is 37.9 Å². The average Bonchev–Trinajstić information content (AvgIpc) is 2.72. The highest BCUT2D eigenvalue weighted by Crippen LogP contribution is 2.17. The molecule has 0 saturated carbocycles. The Morgan fingerprint density at radius 2 is 2.18 bits per heavy atom. The van der Waals surface area contributed by atoms with Crippen molar-refractivity contribution >= 4 is 10.9 Å². The second kappa shape index (κ2) is 5.84. The maximum atomic E-state index is 5.71. The van der Waals surface area contributed by atoms with Gasteiger partial charge in [-0.2, -0.15) is 0 Å². The molecule has 1 atom stereocenters. The number of H-pyrrole nitrogens is 1. The molecule has 1 aromatic carbocycles. The van der Waals surface area contributed by atoms with Crippen molar-refractivity contribution in [1.82, 2.24) is 10.3 Å². The largest absolute Gasteiger partial charge is 0.361 e. The quantitative estimate of drug-likeness (QED) is 0.669. The number of aromatic amines is 1. The highest BCUT2D eigenvalue weighted by atomic mass is 14.9. The van der Waals surface area contributed by atoms with E-state index in [-0.39, 0.29) is 0 Å². The van der Waals surface area contributed by atoms with Crippen molar-refractivity contribution < 1.29 is 0 Å². The molecule has 0 saturated heterocycles. The fourth-order valence-corrected chi connectivity index (χ4v) is 2.05. The van der Waals surface area contributed by atoms with E-state index < -0.39 is 0 Å². The molecular weight excluding hydrogens is 210 g/mol. The number of hydrogen-bond donors (Lipinski definition) is 3. The van der Waals surface area contributed by atoms with Crippen LogP contribution in [0.5, 0.6) is 0 Å². The molecule has 0 aliphatic rings. The summed E-state index contributed by atoms with van der Waals surface area (Å²) in [5.41, 5.74) is 8.25. The molecule has 0 amide bonds. The molecule has 0 spiro atoms. The van der Waals surface area contributed by atoms with Gasteiger partial charge in [0.25, 0.3) is 0 Å². The summed E-state index contributed by atoms with van der Waals surface area (Å²) in [4.78, 5) is 3.29.